The second-order valence-electron chi connectivity index (χ2n) is 3.88. The van der Waals surface area contributed by atoms with Gasteiger partial charge in [-0.05, 0) is 19.2 Å². The van der Waals surface area contributed by atoms with E-state index in [1.165, 1.54) is 13.1 Å². The molecule has 0 radical (unpaired) electrons. The number of carbonyl (C=O) groups is 1. The molecule has 0 bridgehead atoms. The number of hydrogen-bond acceptors (Lipinski definition) is 8. The molecule has 0 aliphatic heterocycles. The molecule has 0 fully saturated rings. The van der Waals surface area contributed by atoms with Gasteiger partial charge in [0.2, 0.25) is 0 Å². The first-order valence-electron chi connectivity index (χ1n) is 6.54. The smallest absolute Gasteiger partial charge is 0.438 e. The van der Waals surface area contributed by atoms with Crippen molar-refractivity contribution in [1.82, 2.24) is 0 Å². The Morgan fingerprint density at radius 3 is 2.42 bits per heavy atom. The van der Waals surface area contributed by atoms with Crippen molar-refractivity contribution in [1.29, 1.82) is 0 Å². The molecule has 2 aromatic rings. The molecule has 0 spiro atoms. The van der Waals surface area contributed by atoms with Gasteiger partial charge in [-0.25, -0.2) is 9.59 Å². The summed E-state index contributed by atoms with van der Waals surface area (Å²) in [6, 6.07) is 10.6. The molecule has 0 saturated heterocycles. The summed E-state index contributed by atoms with van der Waals surface area (Å²) in [4.78, 5) is 20.9. The van der Waals surface area contributed by atoms with Crippen LogP contribution in [-0.4, -0.2) is 45.6 Å². The molecule has 0 aliphatic rings. The third kappa shape index (κ3) is 9.56. The molecule has 0 saturated carbocycles. The van der Waals surface area contributed by atoms with Crippen LogP contribution in [0.15, 0.2) is 45.6 Å². The summed E-state index contributed by atoms with van der Waals surface area (Å²) in [7, 11) is -1.47. The number of benzene rings is 1. The summed E-state index contributed by atoms with van der Waals surface area (Å²) >= 11 is 0. The average molecular weight is 361 g/mol. The first-order valence-corrected chi connectivity index (χ1v) is 8.15. The van der Waals surface area contributed by atoms with Crippen LogP contribution in [0, 0.1) is 0 Å². The maximum absolute atomic E-state index is 10.7. The van der Waals surface area contributed by atoms with Gasteiger partial charge in [0.15, 0.2) is 0 Å². The molecule has 1 aromatic carbocycles. The van der Waals surface area contributed by atoms with Crippen molar-refractivity contribution in [3.05, 3.63) is 46.8 Å². The zero-order chi connectivity index (χ0) is 18.6. The Labute approximate surface area is 138 Å². The van der Waals surface area contributed by atoms with Gasteiger partial charge in [0, 0.05) is 11.5 Å². The molecule has 0 amide bonds. The Morgan fingerprint density at radius 2 is 1.83 bits per heavy atom. The van der Waals surface area contributed by atoms with E-state index < -0.39 is 28.6 Å². The van der Waals surface area contributed by atoms with Gasteiger partial charge < -0.3 is 19.6 Å². The van der Waals surface area contributed by atoms with Gasteiger partial charge in [0.05, 0.1) is 7.11 Å². The molecule has 0 unspecified atom stereocenters. The Morgan fingerprint density at radius 1 is 1.21 bits per heavy atom. The first-order chi connectivity index (χ1) is 11.3. The number of fused-ring (bicyclic) bond motifs is 1. The fourth-order valence-corrected chi connectivity index (χ4v) is 1.59. The molecular formula is C14H19NO8S. The standard InChI is InChI=1S/C9H6O2.C4H8O6S.CH5N/c10-9-6-5-7-3-1-2-4-8(7)11-9;1-9-4(5)10-2-3-11(6,7)8;1-2/h1-6H;2-3H2,1H3,(H,6,7,8);2H2,1H3. The summed E-state index contributed by atoms with van der Waals surface area (Å²) in [6.07, 6.45) is -0.978. The Bertz CT molecular complexity index is 784. The van der Waals surface area contributed by atoms with E-state index >= 15 is 0 Å². The molecule has 9 nitrogen and oxygen atoms in total. The maximum Gasteiger partial charge on any atom is 0.508 e. The number of methoxy groups -OCH3 is 1. The number of hydrogen-bond donors (Lipinski definition) is 2. The van der Waals surface area contributed by atoms with Crippen molar-refractivity contribution < 1.29 is 31.7 Å². The van der Waals surface area contributed by atoms with E-state index in [2.05, 4.69) is 15.2 Å². The fourth-order valence-electron chi connectivity index (χ4n) is 1.30. The molecule has 1 heterocycles. The summed E-state index contributed by atoms with van der Waals surface area (Å²) in [5.41, 5.74) is 4.84. The minimum atomic E-state index is -4.06. The number of rotatable bonds is 3. The Kier molecular flexibility index (Phi) is 10.0. The van der Waals surface area contributed by atoms with E-state index in [0.717, 1.165) is 12.5 Å². The lowest BCUT2D eigenvalue weighted by molar-refractivity contribution is 0.0774. The van der Waals surface area contributed by atoms with Crippen molar-refractivity contribution in [2.45, 2.75) is 0 Å². The molecular weight excluding hydrogens is 342 g/mol. The highest BCUT2D eigenvalue weighted by Gasteiger charge is 2.06. The SMILES string of the molecule is CN.COC(=O)OCCS(=O)(=O)O.O=c1ccc2ccccc2o1. The van der Waals surface area contributed by atoms with Crippen LogP contribution in [0.2, 0.25) is 0 Å². The lowest BCUT2D eigenvalue weighted by Gasteiger charge is -1.99. The quantitative estimate of drug-likeness (QED) is 0.464. The van der Waals surface area contributed by atoms with Gasteiger partial charge in [-0.2, -0.15) is 8.42 Å². The largest absolute Gasteiger partial charge is 0.508 e. The zero-order valence-electron chi connectivity index (χ0n) is 13.2. The number of ether oxygens (including phenoxy) is 2. The van der Waals surface area contributed by atoms with Gasteiger partial charge in [-0.1, -0.05) is 18.2 Å². The Balaban J connectivity index is 0.000000400. The lowest BCUT2D eigenvalue weighted by atomic mass is 10.2. The van der Waals surface area contributed by atoms with Crippen molar-refractivity contribution in [3.8, 4) is 0 Å². The summed E-state index contributed by atoms with van der Waals surface area (Å²) in [6.45, 7) is -0.411. The topological polar surface area (TPSA) is 146 Å². The van der Waals surface area contributed by atoms with Crippen molar-refractivity contribution >= 4 is 27.2 Å². The molecule has 0 aliphatic carbocycles. The second kappa shape index (κ2) is 11.2. The third-order valence-electron chi connectivity index (χ3n) is 2.26. The van der Waals surface area contributed by atoms with Crippen LogP contribution in [0.25, 0.3) is 11.0 Å². The molecule has 1 aromatic heterocycles. The second-order valence-corrected chi connectivity index (χ2v) is 5.45. The van der Waals surface area contributed by atoms with E-state index in [1.807, 2.05) is 18.2 Å². The number of para-hydroxylation sites is 1. The third-order valence-corrected chi connectivity index (χ3v) is 2.94. The minimum Gasteiger partial charge on any atom is -0.438 e. The zero-order valence-corrected chi connectivity index (χ0v) is 14.0. The highest BCUT2D eigenvalue weighted by atomic mass is 32.2. The van der Waals surface area contributed by atoms with Crippen LogP contribution in [0.4, 0.5) is 4.79 Å². The van der Waals surface area contributed by atoms with Crippen LogP contribution in [0.3, 0.4) is 0 Å². The molecule has 24 heavy (non-hydrogen) atoms. The fraction of sp³-hybridized carbons (Fsp3) is 0.286. The van der Waals surface area contributed by atoms with Gasteiger partial charge in [0.1, 0.15) is 17.9 Å². The minimum absolute atomic E-state index is 0.302. The van der Waals surface area contributed by atoms with Gasteiger partial charge in [0.25, 0.3) is 10.1 Å². The maximum atomic E-state index is 10.7. The van der Waals surface area contributed by atoms with Crippen LogP contribution in [0.5, 0.6) is 0 Å². The molecule has 0 atom stereocenters. The molecule has 3 N–H and O–H groups in total. The molecule has 10 heteroatoms. The molecule has 134 valence electrons. The van der Waals surface area contributed by atoms with E-state index in [0.29, 0.717) is 5.58 Å². The number of nitrogens with two attached hydrogens (primary N) is 1. The van der Waals surface area contributed by atoms with Gasteiger partial charge in [-0.3, -0.25) is 4.55 Å². The predicted octanol–water partition coefficient (Wildman–Crippen LogP) is 1.03. The van der Waals surface area contributed by atoms with E-state index in [-0.39, 0.29) is 5.63 Å². The van der Waals surface area contributed by atoms with E-state index in [9.17, 15) is 18.0 Å². The van der Waals surface area contributed by atoms with Crippen LogP contribution in [-0.2, 0) is 19.6 Å². The summed E-state index contributed by atoms with van der Waals surface area (Å²) < 4.78 is 41.3. The van der Waals surface area contributed by atoms with Crippen LogP contribution < -0.4 is 11.4 Å². The molecule has 2 rings (SSSR count). The van der Waals surface area contributed by atoms with Crippen LogP contribution >= 0.6 is 0 Å². The van der Waals surface area contributed by atoms with Crippen molar-refractivity contribution in [2.24, 2.45) is 5.73 Å². The number of carbonyl (C=O) groups excluding carboxylic acids is 1. The van der Waals surface area contributed by atoms with Crippen molar-refractivity contribution in [2.75, 3.05) is 26.5 Å². The summed E-state index contributed by atoms with van der Waals surface area (Å²) in [5.74, 6) is -0.623. The van der Waals surface area contributed by atoms with Crippen molar-refractivity contribution in [3.63, 3.8) is 0 Å². The summed E-state index contributed by atoms with van der Waals surface area (Å²) in [5, 5.41) is 0.951. The van der Waals surface area contributed by atoms with Gasteiger partial charge >= 0.3 is 11.8 Å². The van der Waals surface area contributed by atoms with E-state index in [1.54, 1.807) is 12.1 Å². The monoisotopic (exact) mass is 361 g/mol. The van der Waals surface area contributed by atoms with Gasteiger partial charge in [-0.15, -0.1) is 0 Å². The average Bonchev–Trinajstić information content (AvgIpc) is 2.56. The normalized spacial score (nSPS) is 9.83. The van der Waals surface area contributed by atoms with E-state index in [4.69, 9.17) is 8.97 Å². The highest BCUT2D eigenvalue weighted by molar-refractivity contribution is 7.85. The first kappa shape index (κ1) is 21.6. The lowest BCUT2D eigenvalue weighted by Crippen LogP contribution is -2.14. The highest BCUT2D eigenvalue weighted by Crippen LogP contribution is 2.08. The Hall–Kier alpha value is -2.43. The predicted molar refractivity (Wildman–Crippen MR) is 87.4 cm³/mol. The van der Waals surface area contributed by atoms with Crippen LogP contribution in [0.1, 0.15) is 0 Å².